The predicted octanol–water partition coefficient (Wildman–Crippen LogP) is 2.13. The van der Waals surface area contributed by atoms with Gasteiger partial charge in [0.1, 0.15) is 6.17 Å². The summed E-state index contributed by atoms with van der Waals surface area (Å²) in [5.41, 5.74) is 11.3. The number of rotatable bonds is 3. The van der Waals surface area contributed by atoms with Gasteiger partial charge in [-0.1, -0.05) is 12.5 Å². The van der Waals surface area contributed by atoms with Crippen LogP contribution in [0.3, 0.4) is 0 Å². The standard InChI is InChI=1S/C21H27N5O2/c1-13-7-8-14(20(27)22-2)11-15(13)16-12-17-18(25(3)21(16)28)19(24-23-17)26-9-5-4-6-10-26/h7-8,11-12,19,23-24H,4-6,9-10H2,1-3H3,(H,22,27). The largest absolute Gasteiger partial charge is 0.355 e. The van der Waals surface area contributed by atoms with Crippen molar-refractivity contribution >= 4 is 11.6 Å². The topological polar surface area (TPSA) is 78.4 Å². The minimum Gasteiger partial charge on any atom is -0.355 e. The average molecular weight is 381 g/mol. The Morgan fingerprint density at radius 1 is 1.14 bits per heavy atom. The van der Waals surface area contributed by atoms with Crippen LogP contribution in [0, 0.1) is 6.92 Å². The molecule has 2 aliphatic rings. The van der Waals surface area contributed by atoms with E-state index >= 15 is 0 Å². The minimum absolute atomic E-state index is 0.000324. The molecule has 1 saturated heterocycles. The fourth-order valence-corrected chi connectivity index (χ4v) is 4.23. The van der Waals surface area contributed by atoms with Gasteiger partial charge in [0.05, 0.1) is 11.4 Å². The molecule has 1 fully saturated rings. The summed E-state index contributed by atoms with van der Waals surface area (Å²) in [5.74, 6) is -0.163. The molecule has 1 unspecified atom stereocenters. The third-order valence-corrected chi connectivity index (χ3v) is 5.84. The first-order valence-corrected chi connectivity index (χ1v) is 9.84. The lowest BCUT2D eigenvalue weighted by Crippen LogP contribution is -2.41. The van der Waals surface area contributed by atoms with Gasteiger partial charge in [0.15, 0.2) is 0 Å². The van der Waals surface area contributed by atoms with E-state index in [1.807, 2.05) is 26.1 Å². The van der Waals surface area contributed by atoms with Crippen molar-refractivity contribution in [2.75, 3.05) is 25.6 Å². The number of anilines is 1. The van der Waals surface area contributed by atoms with Gasteiger partial charge in [-0.15, -0.1) is 0 Å². The van der Waals surface area contributed by atoms with E-state index in [-0.39, 0.29) is 17.6 Å². The number of carbonyl (C=O) groups is 1. The maximum atomic E-state index is 13.2. The second-order valence-electron chi connectivity index (χ2n) is 7.60. The molecule has 0 bridgehead atoms. The van der Waals surface area contributed by atoms with Crippen molar-refractivity contribution < 1.29 is 4.79 Å². The van der Waals surface area contributed by atoms with Crippen LogP contribution in [-0.2, 0) is 7.05 Å². The fourth-order valence-electron chi connectivity index (χ4n) is 4.23. The van der Waals surface area contributed by atoms with Crippen molar-refractivity contribution in [3.63, 3.8) is 0 Å². The number of amides is 1. The molecule has 2 aromatic rings. The highest BCUT2D eigenvalue weighted by Crippen LogP contribution is 2.34. The van der Waals surface area contributed by atoms with E-state index in [0.29, 0.717) is 11.1 Å². The second-order valence-corrected chi connectivity index (χ2v) is 7.60. The Bertz CT molecular complexity index is 975. The summed E-state index contributed by atoms with van der Waals surface area (Å²) in [6.07, 6.45) is 3.64. The number of likely N-dealkylation sites (tertiary alicyclic amines) is 1. The lowest BCUT2D eigenvalue weighted by Gasteiger charge is -2.32. The third-order valence-electron chi connectivity index (χ3n) is 5.84. The predicted molar refractivity (Wildman–Crippen MR) is 110 cm³/mol. The number of carbonyl (C=O) groups excluding carboxylic acids is 1. The number of nitrogens with zero attached hydrogens (tertiary/aromatic N) is 2. The van der Waals surface area contributed by atoms with Gasteiger partial charge >= 0.3 is 0 Å². The first-order chi connectivity index (χ1) is 13.5. The lowest BCUT2D eigenvalue weighted by atomic mass is 9.97. The molecular weight excluding hydrogens is 354 g/mol. The number of nitrogens with one attached hydrogen (secondary N) is 3. The second kappa shape index (κ2) is 7.41. The zero-order chi connectivity index (χ0) is 19.8. The quantitative estimate of drug-likeness (QED) is 0.759. The molecule has 1 aromatic heterocycles. The average Bonchev–Trinajstić information content (AvgIpc) is 3.15. The van der Waals surface area contributed by atoms with Gasteiger partial charge < -0.3 is 15.3 Å². The first kappa shape index (κ1) is 18.7. The zero-order valence-corrected chi connectivity index (χ0v) is 16.6. The van der Waals surface area contributed by atoms with Crippen molar-refractivity contribution in [3.05, 3.63) is 51.4 Å². The summed E-state index contributed by atoms with van der Waals surface area (Å²) < 4.78 is 1.74. The van der Waals surface area contributed by atoms with Crippen LogP contribution in [0.15, 0.2) is 29.1 Å². The maximum Gasteiger partial charge on any atom is 0.258 e. The van der Waals surface area contributed by atoms with Crippen LogP contribution in [0.25, 0.3) is 11.1 Å². The molecular formula is C21H27N5O2. The number of aromatic nitrogens is 1. The summed E-state index contributed by atoms with van der Waals surface area (Å²) in [6, 6.07) is 7.36. The molecule has 4 rings (SSSR count). The highest BCUT2D eigenvalue weighted by molar-refractivity contribution is 5.95. The van der Waals surface area contributed by atoms with Crippen molar-refractivity contribution in [3.8, 4) is 11.1 Å². The number of fused-ring (bicyclic) bond motifs is 1. The number of benzene rings is 1. The summed E-state index contributed by atoms with van der Waals surface area (Å²) in [4.78, 5) is 27.7. The van der Waals surface area contributed by atoms with Gasteiger partial charge in [0, 0.05) is 38.3 Å². The lowest BCUT2D eigenvalue weighted by molar-refractivity contribution is 0.0963. The summed E-state index contributed by atoms with van der Waals surface area (Å²) in [7, 11) is 3.43. The van der Waals surface area contributed by atoms with Crippen LogP contribution in [-0.4, -0.2) is 35.5 Å². The van der Waals surface area contributed by atoms with Gasteiger partial charge in [-0.25, -0.2) is 5.43 Å². The summed E-state index contributed by atoms with van der Waals surface area (Å²) in [6.45, 7) is 4.02. The SMILES string of the molecule is CNC(=O)c1ccc(C)c(-c2cc3c(n(C)c2=O)C(N2CCCCC2)NN3)c1. The molecule has 3 heterocycles. The number of aryl methyl sites for hydroxylation is 1. The van der Waals surface area contributed by atoms with E-state index in [9.17, 15) is 9.59 Å². The number of hydrogen-bond donors (Lipinski definition) is 3. The Balaban J connectivity index is 1.79. The summed E-state index contributed by atoms with van der Waals surface area (Å²) in [5, 5.41) is 2.64. The van der Waals surface area contributed by atoms with Crippen LogP contribution in [0.2, 0.25) is 0 Å². The Morgan fingerprint density at radius 3 is 2.61 bits per heavy atom. The van der Waals surface area contributed by atoms with E-state index in [1.54, 1.807) is 23.7 Å². The maximum absolute atomic E-state index is 13.2. The van der Waals surface area contributed by atoms with Gasteiger partial charge in [-0.2, -0.15) is 0 Å². The Morgan fingerprint density at radius 2 is 1.89 bits per heavy atom. The van der Waals surface area contributed by atoms with Crippen LogP contribution >= 0.6 is 0 Å². The van der Waals surface area contributed by atoms with Crippen molar-refractivity contribution in [1.82, 2.24) is 20.2 Å². The Labute approximate surface area is 164 Å². The van der Waals surface area contributed by atoms with Gasteiger partial charge in [-0.3, -0.25) is 14.5 Å². The molecule has 0 aliphatic carbocycles. The van der Waals surface area contributed by atoms with Crippen LogP contribution in [0.4, 0.5) is 5.69 Å². The molecule has 0 saturated carbocycles. The van der Waals surface area contributed by atoms with Crippen molar-refractivity contribution in [2.24, 2.45) is 7.05 Å². The van der Waals surface area contributed by atoms with Gasteiger partial charge in [0.25, 0.3) is 11.5 Å². The fraction of sp³-hybridized carbons (Fsp3) is 0.429. The molecule has 7 nitrogen and oxygen atoms in total. The number of hydrogen-bond acceptors (Lipinski definition) is 5. The van der Waals surface area contributed by atoms with E-state index in [2.05, 4.69) is 21.1 Å². The molecule has 7 heteroatoms. The van der Waals surface area contributed by atoms with E-state index in [4.69, 9.17) is 0 Å². The molecule has 148 valence electrons. The minimum atomic E-state index is -0.163. The summed E-state index contributed by atoms with van der Waals surface area (Å²) >= 11 is 0. The Kier molecular flexibility index (Phi) is 4.95. The first-order valence-electron chi connectivity index (χ1n) is 9.84. The normalized spacial score (nSPS) is 19.2. The van der Waals surface area contributed by atoms with E-state index in [1.165, 1.54) is 19.3 Å². The molecule has 0 spiro atoms. The molecule has 0 radical (unpaired) electrons. The highest BCUT2D eigenvalue weighted by atomic mass is 16.1. The van der Waals surface area contributed by atoms with E-state index in [0.717, 1.165) is 35.6 Å². The molecule has 28 heavy (non-hydrogen) atoms. The number of piperidine rings is 1. The monoisotopic (exact) mass is 381 g/mol. The highest BCUT2D eigenvalue weighted by Gasteiger charge is 2.32. The molecule has 1 aromatic carbocycles. The van der Waals surface area contributed by atoms with E-state index < -0.39 is 0 Å². The van der Waals surface area contributed by atoms with Crippen LogP contribution in [0.5, 0.6) is 0 Å². The van der Waals surface area contributed by atoms with Gasteiger partial charge in [-0.05, 0) is 49.1 Å². The number of pyridine rings is 1. The van der Waals surface area contributed by atoms with Gasteiger partial charge in [0.2, 0.25) is 0 Å². The molecule has 1 atom stereocenters. The van der Waals surface area contributed by atoms with Crippen molar-refractivity contribution in [2.45, 2.75) is 32.4 Å². The molecule has 3 N–H and O–H groups in total. The van der Waals surface area contributed by atoms with Crippen LogP contribution in [0.1, 0.15) is 47.0 Å². The molecule has 2 aliphatic heterocycles. The number of hydrazine groups is 1. The smallest absolute Gasteiger partial charge is 0.258 e. The van der Waals surface area contributed by atoms with Crippen LogP contribution < -0.4 is 21.7 Å². The Hall–Kier alpha value is -2.64. The molecule has 1 amide bonds. The zero-order valence-electron chi connectivity index (χ0n) is 16.6. The third kappa shape index (κ3) is 3.10. The van der Waals surface area contributed by atoms with Crippen molar-refractivity contribution in [1.29, 1.82) is 0 Å².